The average Bonchev–Trinajstić information content (AvgIpc) is 2.88. The first-order valence-corrected chi connectivity index (χ1v) is 11.6. The van der Waals surface area contributed by atoms with E-state index in [-0.39, 0.29) is 5.91 Å². The van der Waals surface area contributed by atoms with Crippen molar-refractivity contribution in [1.82, 2.24) is 4.90 Å². The first-order chi connectivity index (χ1) is 16.6. The second-order valence-electron chi connectivity index (χ2n) is 8.45. The Morgan fingerprint density at radius 2 is 1.62 bits per heavy atom. The summed E-state index contributed by atoms with van der Waals surface area (Å²) in [5.41, 5.74) is 4.83. The fourth-order valence-electron chi connectivity index (χ4n) is 3.94. The Kier molecular flexibility index (Phi) is 7.69. The molecule has 34 heavy (non-hydrogen) atoms. The lowest BCUT2D eigenvalue weighted by Gasteiger charge is -2.34. The summed E-state index contributed by atoms with van der Waals surface area (Å²) in [6, 6.07) is 27.1. The summed E-state index contributed by atoms with van der Waals surface area (Å²) in [5, 5.41) is 12.0. The first-order valence-electron chi connectivity index (χ1n) is 11.6. The number of rotatable bonds is 7. The van der Waals surface area contributed by atoms with Gasteiger partial charge in [0, 0.05) is 49.7 Å². The van der Waals surface area contributed by atoms with E-state index in [1.807, 2.05) is 54.6 Å². The van der Waals surface area contributed by atoms with Crippen LogP contribution in [0.2, 0.25) is 0 Å². The highest BCUT2D eigenvalue weighted by Gasteiger charge is 2.16. The Morgan fingerprint density at radius 3 is 2.26 bits per heavy atom. The number of benzene rings is 3. The lowest BCUT2D eigenvalue weighted by molar-refractivity contribution is -0.110. The quantitative estimate of drug-likeness (QED) is 0.552. The molecule has 1 N–H and O–H groups in total. The molecule has 0 radical (unpaired) electrons. The molecule has 172 valence electrons. The molecule has 0 aromatic heterocycles. The van der Waals surface area contributed by atoms with E-state index < -0.39 is 0 Å². The van der Waals surface area contributed by atoms with E-state index in [2.05, 4.69) is 45.4 Å². The summed E-state index contributed by atoms with van der Waals surface area (Å²) in [6.07, 6.45) is 0.690. The number of nitriles is 1. The highest BCUT2D eigenvalue weighted by atomic mass is 16.1. The molecule has 1 aliphatic heterocycles. The molecule has 0 unspecified atom stereocenters. The maximum atomic E-state index is 13.2. The van der Waals surface area contributed by atoms with E-state index in [4.69, 9.17) is 5.26 Å². The molecular weight excluding hydrogens is 422 g/mol. The highest BCUT2D eigenvalue weighted by molar-refractivity contribution is 6.48. The Morgan fingerprint density at radius 1 is 0.941 bits per heavy atom. The molecule has 0 spiro atoms. The van der Waals surface area contributed by atoms with Gasteiger partial charge in [0.1, 0.15) is 5.71 Å². The van der Waals surface area contributed by atoms with Gasteiger partial charge in [0.2, 0.25) is 0 Å². The maximum Gasteiger partial charge on any atom is 0.274 e. The van der Waals surface area contributed by atoms with Gasteiger partial charge in [-0.15, -0.1) is 0 Å². The molecule has 1 aliphatic rings. The molecule has 1 fully saturated rings. The molecule has 0 saturated carbocycles. The van der Waals surface area contributed by atoms with Crippen LogP contribution in [0.5, 0.6) is 0 Å². The maximum absolute atomic E-state index is 13.2. The molecule has 3 aromatic rings. The van der Waals surface area contributed by atoms with Crippen molar-refractivity contribution in [2.75, 3.05) is 50.0 Å². The van der Waals surface area contributed by atoms with Gasteiger partial charge in [0.25, 0.3) is 5.91 Å². The molecule has 4 rings (SSSR count). The van der Waals surface area contributed by atoms with Crippen LogP contribution in [0.3, 0.4) is 0 Å². The number of piperazine rings is 1. The van der Waals surface area contributed by atoms with Crippen LogP contribution in [0.1, 0.15) is 16.7 Å². The van der Waals surface area contributed by atoms with Gasteiger partial charge in [-0.1, -0.05) is 42.5 Å². The summed E-state index contributed by atoms with van der Waals surface area (Å²) in [6.45, 7) is 4.60. The lowest BCUT2D eigenvalue weighted by atomic mass is 10.1. The third-order valence-electron chi connectivity index (χ3n) is 6.01. The van der Waals surface area contributed by atoms with Gasteiger partial charge in [0.15, 0.2) is 0 Å². The zero-order valence-electron chi connectivity index (χ0n) is 19.4. The van der Waals surface area contributed by atoms with E-state index in [1.165, 1.54) is 5.69 Å². The first kappa shape index (κ1) is 23.2. The van der Waals surface area contributed by atoms with Crippen molar-refractivity contribution in [2.24, 2.45) is 4.99 Å². The van der Waals surface area contributed by atoms with Crippen LogP contribution in [0.4, 0.5) is 11.4 Å². The third kappa shape index (κ3) is 6.09. The van der Waals surface area contributed by atoms with Crippen LogP contribution in [0.25, 0.3) is 0 Å². The standard InChI is InChI=1S/C28H29N5O/c1-32-17-19-33(20-18-32)26-13-11-25(12-14-26)31-28(34)27(24-5-3-2-4-6-24)30-16-15-22-7-9-23(21-29)10-8-22/h2-14H,15-20H2,1H3,(H,31,34). The largest absolute Gasteiger partial charge is 0.369 e. The number of hydrogen-bond donors (Lipinski definition) is 1. The number of carbonyl (C=O) groups is 1. The van der Waals surface area contributed by atoms with Gasteiger partial charge >= 0.3 is 0 Å². The zero-order valence-corrected chi connectivity index (χ0v) is 19.4. The number of carbonyl (C=O) groups excluding carboxylic acids is 1. The van der Waals surface area contributed by atoms with Gasteiger partial charge in [-0.05, 0) is 55.4 Å². The molecule has 3 aromatic carbocycles. The predicted octanol–water partition coefficient (Wildman–Crippen LogP) is 3.98. The Hall–Kier alpha value is -3.95. The number of hydrogen-bond acceptors (Lipinski definition) is 5. The number of aliphatic imine (C=N–C) groups is 1. The molecule has 1 amide bonds. The summed E-state index contributed by atoms with van der Waals surface area (Å²) in [7, 11) is 2.15. The Bertz CT molecular complexity index is 1160. The van der Waals surface area contributed by atoms with Gasteiger partial charge in [0.05, 0.1) is 11.6 Å². The van der Waals surface area contributed by atoms with Crippen LogP contribution < -0.4 is 10.2 Å². The predicted molar refractivity (Wildman–Crippen MR) is 137 cm³/mol. The fourth-order valence-corrected chi connectivity index (χ4v) is 3.94. The van der Waals surface area contributed by atoms with Crippen molar-refractivity contribution >= 4 is 23.0 Å². The molecule has 0 atom stereocenters. The zero-order chi connectivity index (χ0) is 23.8. The van der Waals surface area contributed by atoms with Crippen LogP contribution in [0.15, 0.2) is 83.9 Å². The fraction of sp³-hybridized carbons (Fsp3) is 0.250. The van der Waals surface area contributed by atoms with Gasteiger partial charge < -0.3 is 15.1 Å². The molecular formula is C28H29N5O. The number of likely N-dealkylation sites (N-methyl/N-ethyl adjacent to an activating group) is 1. The number of amides is 1. The number of anilines is 2. The van der Waals surface area contributed by atoms with E-state index in [0.717, 1.165) is 43.0 Å². The SMILES string of the molecule is CN1CCN(c2ccc(NC(=O)C(=NCCc3ccc(C#N)cc3)c3ccccc3)cc2)CC1. The number of nitrogens with zero attached hydrogens (tertiary/aromatic N) is 4. The topological polar surface area (TPSA) is 71.7 Å². The van der Waals surface area contributed by atoms with Crippen molar-refractivity contribution in [3.8, 4) is 6.07 Å². The molecule has 6 heteroatoms. The highest BCUT2D eigenvalue weighted by Crippen LogP contribution is 2.19. The molecule has 1 heterocycles. The van der Waals surface area contributed by atoms with Crippen molar-refractivity contribution in [1.29, 1.82) is 5.26 Å². The number of nitrogens with one attached hydrogen (secondary N) is 1. The van der Waals surface area contributed by atoms with E-state index in [1.54, 1.807) is 12.1 Å². The summed E-state index contributed by atoms with van der Waals surface area (Å²) < 4.78 is 0. The van der Waals surface area contributed by atoms with Crippen LogP contribution in [-0.4, -0.2) is 56.3 Å². The molecule has 6 nitrogen and oxygen atoms in total. The minimum atomic E-state index is -0.224. The van der Waals surface area contributed by atoms with Crippen molar-refractivity contribution < 1.29 is 4.79 Å². The molecule has 0 bridgehead atoms. The Balaban J connectivity index is 1.44. The van der Waals surface area contributed by atoms with Crippen LogP contribution in [-0.2, 0) is 11.2 Å². The lowest BCUT2D eigenvalue weighted by Crippen LogP contribution is -2.44. The minimum absolute atomic E-state index is 0.224. The Labute approximate surface area is 201 Å². The van der Waals surface area contributed by atoms with Crippen molar-refractivity contribution in [2.45, 2.75) is 6.42 Å². The molecule has 1 saturated heterocycles. The van der Waals surface area contributed by atoms with Crippen LogP contribution >= 0.6 is 0 Å². The van der Waals surface area contributed by atoms with Gasteiger partial charge in [-0.2, -0.15) is 5.26 Å². The van der Waals surface area contributed by atoms with Crippen LogP contribution in [0, 0.1) is 11.3 Å². The minimum Gasteiger partial charge on any atom is -0.369 e. The summed E-state index contributed by atoms with van der Waals surface area (Å²) in [5.74, 6) is -0.224. The van der Waals surface area contributed by atoms with Gasteiger partial charge in [-0.3, -0.25) is 9.79 Å². The molecule has 0 aliphatic carbocycles. The van der Waals surface area contributed by atoms with E-state index in [9.17, 15) is 4.79 Å². The summed E-state index contributed by atoms with van der Waals surface area (Å²) >= 11 is 0. The summed E-state index contributed by atoms with van der Waals surface area (Å²) in [4.78, 5) is 22.5. The van der Waals surface area contributed by atoms with E-state index >= 15 is 0 Å². The van der Waals surface area contributed by atoms with Crippen molar-refractivity contribution in [3.05, 3.63) is 95.6 Å². The van der Waals surface area contributed by atoms with Gasteiger partial charge in [-0.25, -0.2) is 0 Å². The average molecular weight is 452 g/mol. The van der Waals surface area contributed by atoms with Crippen molar-refractivity contribution in [3.63, 3.8) is 0 Å². The second kappa shape index (κ2) is 11.3. The monoisotopic (exact) mass is 451 g/mol. The third-order valence-corrected chi connectivity index (χ3v) is 6.01. The normalized spacial score (nSPS) is 14.5. The smallest absolute Gasteiger partial charge is 0.274 e. The second-order valence-corrected chi connectivity index (χ2v) is 8.45. The van der Waals surface area contributed by atoms with E-state index in [0.29, 0.717) is 24.2 Å².